The molecule has 10 atom stereocenters. The number of para-hydroxylation sites is 1. The number of imidazole rings is 1. The Balaban J connectivity index is 1.49. The first-order valence-electron chi connectivity index (χ1n) is 28.7. The number of aliphatic hydroxyl groups is 1. The number of fused-ring (bicyclic) bond motifs is 1. The lowest BCUT2D eigenvalue weighted by Crippen LogP contribution is -2.61. The highest BCUT2D eigenvalue weighted by atomic mass is 32.1. The van der Waals surface area contributed by atoms with Crippen molar-refractivity contribution in [1.82, 2.24) is 62.8 Å². The van der Waals surface area contributed by atoms with Crippen LogP contribution in [0.15, 0.2) is 72.2 Å². The number of hydrogen-bond donors (Lipinski definition) is 21. The number of guanidine groups is 1. The van der Waals surface area contributed by atoms with Gasteiger partial charge in [-0.05, 0) is 81.3 Å². The summed E-state index contributed by atoms with van der Waals surface area (Å²) in [6.45, 7) is 0.277. The summed E-state index contributed by atoms with van der Waals surface area (Å²) >= 11 is 4.14. The Kier molecular flexibility index (Phi) is 30.1. The number of unbranched alkanes of at least 4 members (excludes halogenated alkanes) is 1. The number of rotatable bonds is 40. The third-order valence-corrected chi connectivity index (χ3v) is 14.3. The van der Waals surface area contributed by atoms with Crippen LogP contribution in [0.1, 0.15) is 75.1 Å². The zero-order valence-electron chi connectivity index (χ0n) is 49.6. The van der Waals surface area contributed by atoms with E-state index in [1.165, 1.54) is 36.8 Å². The Morgan fingerprint density at radius 1 is 0.604 bits per heavy atom. The van der Waals surface area contributed by atoms with Crippen LogP contribution in [0, 0.1) is 0 Å². The molecule has 34 nitrogen and oxygen atoms in total. The first-order chi connectivity index (χ1) is 43.2. The van der Waals surface area contributed by atoms with Gasteiger partial charge >= 0.3 is 11.9 Å². The van der Waals surface area contributed by atoms with Gasteiger partial charge < -0.3 is 107 Å². The van der Waals surface area contributed by atoms with Crippen molar-refractivity contribution in [3.8, 4) is 5.75 Å². The summed E-state index contributed by atoms with van der Waals surface area (Å²) in [5.41, 5.74) is 30.1. The molecule has 2 aromatic heterocycles. The molecule has 496 valence electrons. The number of aliphatic carboxylic acids is 2. The number of aromatic amines is 2. The fraction of sp³-hybridized carbons (Fsp3) is 0.464. The molecule has 0 saturated carbocycles. The number of carbonyl (C=O) groups is 12. The highest BCUT2D eigenvalue weighted by Crippen LogP contribution is 2.20. The van der Waals surface area contributed by atoms with Crippen LogP contribution >= 0.6 is 12.6 Å². The van der Waals surface area contributed by atoms with Crippen LogP contribution in [0.3, 0.4) is 0 Å². The lowest BCUT2D eigenvalue weighted by molar-refractivity contribution is -0.142. The number of phenolic OH excluding ortho intramolecular Hbond substituents is 1. The maximum Gasteiger partial charge on any atom is 0.326 e. The summed E-state index contributed by atoms with van der Waals surface area (Å²) in [4.78, 5) is 174. The number of hydrogen-bond acceptors (Lipinski definition) is 19. The van der Waals surface area contributed by atoms with Gasteiger partial charge in [-0.1, -0.05) is 30.3 Å². The number of carboxylic acids is 2. The summed E-state index contributed by atoms with van der Waals surface area (Å²) < 4.78 is 0. The summed E-state index contributed by atoms with van der Waals surface area (Å²) in [7, 11) is 0. The molecule has 2 heterocycles. The molecule has 25 N–H and O–H groups in total. The number of primary amides is 1. The van der Waals surface area contributed by atoms with E-state index in [4.69, 9.17) is 28.7 Å². The summed E-state index contributed by atoms with van der Waals surface area (Å²) in [5, 5.41) is 62.2. The van der Waals surface area contributed by atoms with E-state index in [-0.39, 0.29) is 63.3 Å². The van der Waals surface area contributed by atoms with Gasteiger partial charge in [-0.3, -0.25) is 57.7 Å². The molecule has 0 bridgehead atoms. The number of nitrogens with one attached hydrogen (secondary N) is 11. The number of H-pyrrole nitrogens is 2. The van der Waals surface area contributed by atoms with E-state index in [1.807, 2.05) is 0 Å². The molecule has 2 aromatic carbocycles. The molecule has 4 rings (SSSR count). The van der Waals surface area contributed by atoms with E-state index in [0.29, 0.717) is 40.6 Å². The first kappa shape index (κ1) is 73.6. The third-order valence-electron chi connectivity index (χ3n) is 13.9. The minimum absolute atomic E-state index is 0.00208. The smallest absolute Gasteiger partial charge is 0.326 e. The Labute approximate surface area is 526 Å². The van der Waals surface area contributed by atoms with Crippen LogP contribution < -0.4 is 76.5 Å². The molecule has 35 heteroatoms. The van der Waals surface area contributed by atoms with Crippen molar-refractivity contribution in [3.63, 3.8) is 0 Å². The summed E-state index contributed by atoms with van der Waals surface area (Å²) in [6, 6.07) is -3.18. The molecule has 0 saturated heterocycles. The molecule has 0 aliphatic heterocycles. The number of nitrogens with zero attached hydrogens (tertiary/aromatic N) is 2. The van der Waals surface area contributed by atoms with Crippen molar-refractivity contribution < 1.29 is 78.0 Å². The van der Waals surface area contributed by atoms with Gasteiger partial charge in [-0.25, -0.2) is 9.78 Å². The van der Waals surface area contributed by atoms with E-state index < -0.39 is 163 Å². The molecule has 4 aromatic rings. The number of aliphatic hydroxyl groups excluding tert-OH is 1. The van der Waals surface area contributed by atoms with E-state index in [0.717, 1.165) is 6.92 Å². The van der Waals surface area contributed by atoms with Crippen LogP contribution in [-0.4, -0.2) is 198 Å². The number of amides is 10. The van der Waals surface area contributed by atoms with Gasteiger partial charge in [0, 0.05) is 67.0 Å². The van der Waals surface area contributed by atoms with Crippen LogP contribution in [0.5, 0.6) is 5.75 Å². The van der Waals surface area contributed by atoms with Crippen molar-refractivity contribution in [3.05, 3.63) is 84.1 Å². The molecular weight excluding hydrogens is 1210 g/mol. The van der Waals surface area contributed by atoms with E-state index in [1.54, 1.807) is 30.5 Å². The first-order valence-corrected chi connectivity index (χ1v) is 29.4. The normalized spacial score (nSPS) is 14.3. The molecule has 91 heavy (non-hydrogen) atoms. The van der Waals surface area contributed by atoms with Gasteiger partial charge in [-0.15, -0.1) is 0 Å². The standard InChI is InChI=1S/C56H80N18O16S/c1-28(66-48(82)38(15-16-44(59)77)69-54(88)43(26-91)74-52(86)40(22-45(78)79)71-49(83)36(9-4-5-17-57)67-47(81)34(58)21-31-24-62-27-65-31)46(80)73-42(25-75)53(87)70-39(20-30-23-64-35-8-3-2-7-33(30)35)51(85)68-37(10-6-18-63-56(60)61)50(84)72-41(55(89)90)19-29-11-13-32(76)14-12-29/h2-3,7-8,11-14,23-24,27-28,34,36-43,64,75-76,91H,4-6,9-10,15-22,25-26,57-58H2,1H3,(H2,59,77)(H,62,65)(H,66,82)(H,67,81)(H,68,85)(H,69,88)(H,70,87)(H,71,83)(H,72,84)(H,73,80)(H,74,86)(H,78,79)(H,89,90)(H4,60,61,63)/t28-,34-,36-,37-,38-,39-,40-,41-,42-,43-/m0/s1. The third kappa shape index (κ3) is 24.9. The van der Waals surface area contributed by atoms with Crippen molar-refractivity contribution in [2.45, 2.75) is 138 Å². The van der Waals surface area contributed by atoms with Gasteiger partial charge in [0.25, 0.3) is 0 Å². The number of carboxylic acid groups (broad SMARTS) is 2. The zero-order chi connectivity index (χ0) is 67.3. The zero-order valence-corrected chi connectivity index (χ0v) is 50.5. The monoisotopic (exact) mass is 1290 g/mol. The van der Waals surface area contributed by atoms with Gasteiger partial charge in [0.1, 0.15) is 60.1 Å². The predicted molar refractivity (Wildman–Crippen MR) is 329 cm³/mol. The Hall–Kier alpha value is -9.87. The van der Waals surface area contributed by atoms with E-state index in [9.17, 15) is 78.0 Å². The second-order valence-corrected chi connectivity index (χ2v) is 21.4. The Bertz CT molecular complexity index is 3180. The largest absolute Gasteiger partial charge is 0.508 e. The molecule has 0 unspecified atom stereocenters. The second kappa shape index (κ2) is 37.2. The topological polar surface area (TPSA) is 581 Å². The lowest BCUT2D eigenvalue weighted by atomic mass is 10.0. The van der Waals surface area contributed by atoms with Crippen LogP contribution in [0.4, 0.5) is 0 Å². The fourth-order valence-corrected chi connectivity index (χ4v) is 9.23. The Morgan fingerprint density at radius 3 is 1.74 bits per heavy atom. The van der Waals surface area contributed by atoms with Crippen molar-refractivity contribution in [2.75, 3.05) is 25.4 Å². The molecule has 0 fully saturated rings. The minimum Gasteiger partial charge on any atom is -0.508 e. The maximum atomic E-state index is 14.4. The molecule has 0 aliphatic carbocycles. The number of carbonyl (C=O) groups excluding carboxylic acids is 10. The number of aromatic hydroxyl groups is 1. The Morgan fingerprint density at radius 2 is 1.14 bits per heavy atom. The van der Waals surface area contributed by atoms with Crippen LogP contribution in [-0.2, 0) is 76.8 Å². The number of phenols is 1. The van der Waals surface area contributed by atoms with Crippen molar-refractivity contribution in [1.29, 1.82) is 0 Å². The number of nitrogens with two attached hydrogens (primary N) is 5. The lowest BCUT2D eigenvalue weighted by Gasteiger charge is -2.27. The number of benzene rings is 2. The minimum atomic E-state index is -1.86. The van der Waals surface area contributed by atoms with Gasteiger partial charge in [0.05, 0.1) is 25.4 Å². The van der Waals surface area contributed by atoms with Crippen LogP contribution in [0.25, 0.3) is 10.9 Å². The quantitative estimate of drug-likeness (QED) is 0.00854. The highest BCUT2D eigenvalue weighted by molar-refractivity contribution is 7.80. The predicted octanol–water partition coefficient (Wildman–Crippen LogP) is -5.74. The van der Waals surface area contributed by atoms with Gasteiger partial charge in [-0.2, -0.15) is 12.6 Å². The SMILES string of the molecule is C[C@H](NC(=O)[C@H](CCC(N)=O)NC(=O)[C@H](CS)NC(=O)[C@H](CC(=O)O)NC(=O)[C@H](CCCCN)NC(=O)[C@@H](N)Cc1cnc[nH]1)C(=O)N[C@@H](CO)C(=O)N[C@@H](Cc1c[nH]c2ccccc12)C(=O)N[C@@H](CCCN=C(N)N)C(=O)N[C@@H](Cc1ccc(O)cc1)C(=O)O. The maximum absolute atomic E-state index is 14.4. The molecular formula is C56H80N18O16S. The molecule has 0 spiro atoms. The molecule has 10 amide bonds. The van der Waals surface area contributed by atoms with Gasteiger partial charge in [0.2, 0.25) is 59.1 Å². The molecule has 0 radical (unpaired) electrons. The highest BCUT2D eigenvalue weighted by Gasteiger charge is 2.36. The average molecular weight is 1290 g/mol. The van der Waals surface area contributed by atoms with Crippen molar-refractivity contribution >= 4 is 101 Å². The number of aliphatic imine (C=N–C) groups is 1. The van der Waals surface area contributed by atoms with E-state index >= 15 is 0 Å². The molecule has 0 aliphatic rings. The van der Waals surface area contributed by atoms with Crippen molar-refractivity contribution in [2.24, 2.45) is 33.7 Å². The second-order valence-electron chi connectivity index (χ2n) is 21.1. The summed E-state index contributed by atoms with van der Waals surface area (Å²) in [5.74, 6) is -14.1. The number of thiol groups is 1. The summed E-state index contributed by atoms with van der Waals surface area (Å²) in [6.07, 6.45) is 2.56. The fourth-order valence-electron chi connectivity index (χ4n) is 8.97. The number of aromatic nitrogens is 3. The van der Waals surface area contributed by atoms with E-state index in [2.05, 4.69) is 80.4 Å². The average Bonchev–Trinajstić information content (AvgIpc) is 1.82. The van der Waals surface area contributed by atoms with Crippen LogP contribution in [0.2, 0.25) is 0 Å². The van der Waals surface area contributed by atoms with Gasteiger partial charge in [0.15, 0.2) is 5.96 Å².